The molecule has 5 nitrogen and oxygen atoms in total. The van der Waals surface area contributed by atoms with E-state index in [1.165, 1.54) is 28.8 Å². The minimum Gasteiger partial charge on any atom is -0.314 e. The molecular weight excluding hydrogens is 229 g/mol. The summed E-state index contributed by atoms with van der Waals surface area (Å²) in [4.78, 5) is 8.25. The highest BCUT2D eigenvalue weighted by atomic mass is 32.2. The van der Waals surface area contributed by atoms with Crippen molar-refractivity contribution in [3.8, 4) is 5.82 Å². The molecule has 0 spiro atoms. The van der Waals surface area contributed by atoms with Crippen molar-refractivity contribution in [2.45, 2.75) is 5.37 Å². The highest BCUT2D eigenvalue weighted by Crippen LogP contribution is 2.17. The third-order valence-corrected chi connectivity index (χ3v) is 2.74. The quantitative estimate of drug-likeness (QED) is 0.813. The number of halogens is 1. The van der Waals surface area contributed by atoms with E-state index in [9.17, 15) is 4.39 Å². The molecule has 0 saturated heterocycles. The Labute approximate surface area is 95.9 Å². The normalized spacial score (nSPS) is 12.7. The summed E-state index contributed by atoms with van der Waals surface area (Å²) in [6.07, 6.45) is 7.32. The summed E-state index contributed by atoms with van der Waals surface area (Å²) in [5.74, 6) is 0.0487. The zero-order valence-electron chi connectivity index (χ0n) is 8.54. The van der Waals surface area contributed by atoms with Gasteiger partial charge in [-0.3, -0.25) is 4.98 Å². The molecule has 0 aliphatic carbocycles. The van der Waals surface area contributed by atoms with Gasteiger partial charge >= 0.3 is 0 Å². The van der Waals surface area contributed by atoms with E-state index in [0.29, 0.717) is 11.5 Å². The molecule has 0 aliphatic heterocycles. The molecule has 16 heavy (non-hydrogen) atoms. The SMILES string of the molecule is CS[C@H](N)c1cnc(-n2cc(F)cn2)cn1. The van der Waals surface area contributed by atoms with Crippen molar-refractivity contribution in [2.75, 3.05) is 6.26 Å². The maximum absolute atomic E-state index is 12.7. The van der Waals surface area contributed by atoms with Crippen molar-refractivity contribution in [2.24, 2.45) is 5.73 Å². The molecule has 2 N–H and O–H groups in total. The van der Waals surface area contributed by atoms with Crippen LogP contribution in [0, 0.1) is 5.82 Å². The van der Waals surface area contributed by atoms with Gasteiger partial charge in [0.25, 0.3) is 0 Å². The number of nitrogens with two attached hydrogens (primary N) is 1. The van der Waals surface area contributed by atoms with E-state index in [2.05, 4.69) is 15.1 Å². The largest absolute Gasteiger partial charge is 0.314 e. The average Bonchev–Trinajstić information content (AvgIpc) is 2.75. The summed E-state index contributed by atoms with van der Waals surface area (Å²) in [5, 5.41) is 3.59. The second-order valence-electron chi connectivity index (χ2n) is 3.06. The monoisotopic (exact) mass is 239 g/mol. The number of aromatic nitrogens is 4. The van der Waals surface area contributed by atoms with Gasteiger partial charge in [-0.25, -0.2) is 14.1 Å². The van der Waals surface area contributed by atoms with Gasteiger partial charge in [0.05, 0.1) is 35.9 Å². The van der Waals surface area contributed by atoms with Gasteiger partial charge in [0.15, 0.2) is 11.6 Å². The highest BCUT2D eigenvalue weighted by molar-refractivity contribution is 7.98. The molecule has 2 heterocycles. The predicted molar refractivity (Wildman–Crippen MR) is 59.6 cm³/mol. The van der Waals surface area contributed by atoms with Crippen molar-refractivity contribution in [1.29, 1.82) is 0 Å². The lowest BCUT2D eigenvalue weighted by molar-refractivity contribution is 0.626. The number of hydrogen-bond donors (Lipinski definition) is 1. The van der Waals surface area contributed by atoms with Gasteiger partial charge in [-0.2, -0.15) is 5.10 Å². The molecule has 0 amide bonds. The van der Waals surface area contributed by atoms with E-state index in [0.717, 1.165) is 6.20 Å². The van der Waals surface area contributed by atoms with Gasteiger partial charge in [-0.15, -0.1) is 11.8 Å². The van der Waals surface area contributed by atoms with Crippen LogP contribution in [0.2, 0.25) is 0 Å². The summed E-state index contributed by atoms with van der Waals surface area (Å²) < 4.78 is 14.0. The van der Waals surface area contributed by atoms with E-state index < -0.39 is 5.82 Å². The van der Waals surface area contributed by atoms with Crippen LogP contribution in [-0.4, -0.2) is 26.0 Å². The molecule has 0 radical (unpaired) electrons. The van der Waals surface area contributed by atoms with Crippen molar-refractivity contribution in [3.63, 3.8) is 0 Å². The first-order valence-electron chi connectivity index (χ1n) is 4.51. The van der Waals surface area contributed by atoms with Crippen molar-refractivity contribution in [1.82, 2.24) is 19.7 Å². The standard InChI is InChI=1S/C9H10FN5S/c1-16-9(11)7-3-13-8(4-12-7)15-5-6(10)2-14-15/h2-5,9H,11H2,1H3/t9-/m0/s1. The first-order chi connectivity index (χ1) is 7.70. The van der Waals surface area contributed by atoms with E-state index in [1.54, 1.807) is 6.20 Å². The van der Waals surface area contributed by atoms with Crippen molar-refractivity contribution < 1.29 is 4.39 Å². The summed E-state index contributed by atoms with van der Waals surface area (Å²) in [6.45, 7) is 0. The van der Waals surface area contributed by atoms with E-state index in [1.807, 2.05) is 6.26 Å². The zero-order chi connectivity index (χ0) is 11.5. The maximum Gasteiger partial charge on any atom is 0.171 e. The van der Waals surface area contributed by atoms with Crippen molar-refractivity contribution in [3.05, 3.63) is 36.3 Å². The Morgan fingerprint density at radius 3 is 2.69 bits per heavy atom. The lowest BCUT2D eigenvalue weighted by atomic mass is 10.4. The van der Waals surface area contributed by atoms with Crippen LogP contribution in [0.15, 0.2) is 24.8 Å². The van der Waals surface area contributed by atoms with Crippen molar-refractivity contribution >= 4 is 11.8 Å². The zero-order valence-corrected chi connectivity index (χ0v) is 9.36. The molecule has 0 aliphatic rings. The van der Waals surface area contributed by atoms with Crippen LogP contribution in [0.1, 0.15) is 11.1 Å². The van der Waals surface area contributed by atoms with Crippen LogP contribution >= 0.6 is 11.8 Å². The first-order valence-corrected chi connectivity index (χ1v) is 5.80. The molecule has 0 bridgehead atoms. The minimum atomic E-state index is -0.410. The fraction of sp³-hybridized carbons (Fsp3) is 0.222. The number of rotatable bonds is 3. The number of nitrogens with zero attached hydrogens (tertiary/aromatic N) is 4. The molecule has 0 saturated carbocycles. The van der Waals surface area contributed by atoms with E-state index in [-0.39, 0.29) is 5.37 Å². The van der Waals surface area contributed by atoms with Crippen LogP contribution in [-0.2, 0) is 0 Å². The van der Waals surface area contributed by atoms with Crippen LogP contribution in [0.5, 0.6) is 0 Å². The molecule has 0 fully saturated rings. The van der Waals surface area contributed by atoms with Gasteiger partial charge in [0.1, 0.15) is 0 Å². The molecule has 7 heteroatoms. The third kappa shape index (κ3) is 2.20. The molecule has 2 aromatic heterocycles. The summed E-state index contributed by atoms with van der Waals surface area (Å²) in [7, 11) is 0. The summed E-state index contributed by atoms with van der Waals surface area (Å²) in [6, 6.07) is 0. The molecular formula is C9H10FN5S. The molecule has 2 aromatic rings. The minimum absolute atomic E-state index is 0.198. The van der Waals surface area contributed by atoms with Crippen LogP contribution in [0.4, 0.5) is 4.39 Å². The predicted octanol–water partition coefficient (Wildman–Crippen LogP) is 1.12. The maximum atomic E-state index is 12.7. The Morgan fingerprint density at radius 1 is 1.38 bits per heavy atom. The van der Waals surface area contributed by atoms with E-state index in [4.69, 9.17) is 5.73 Å². The molecule has 0 unspecified atom stereocenters. The Hall–Kier alpha value is -1.47. The summed E-state index contributed by atoms with van der Waals surface area (Å²) in [5.41, 5.74) is 6.45. The van der Waals surface area contributed by atoms with Crippen LogP contribution < -0.4 is 5.73 Å². The number of thioether (sulfide) groups is 1. The lowest BCUT2D eigenvalue weighted by Gasteiger charge is -2.07. The van der Waals surface area contributed by atoms with Crippen LogP contribution in [0.25, 0.3) is 5.82 Å². The van der Waals surface area contributed by atoms with Gasteiger partial charge in [0, 0.05) is 0 Å². The second-order valence-corrected chi connectivity index (χ2v) is 4.04. The lowest BCUT2D eigenvalue weighted by Crippen LogP contribution is -2.09. The molecule has 84 valence electrons. The second kappa shape index (κ2) is 4.58. The van der Waals surface area contributed by atoms with Gasteiger partial charge in [-0.05, 0) is 6.26 Å². The number of hydrogen-bond acceptors (Lipinski definition) is 5. The fourth-order valence-electron chi connectivity index (χ4n) is 1.14. The Balaban J connectivity index is 2.25. The average molecular weight is 239 g/mol. The Bertz CT molecular complexity index is 469. The summed E-state index contributed by atoms with van der Waals surface area (Å²) >= 11 is 1.48. The van der Waals surface area contributed by atoms with Gasteiger partial charge in [0.2, 0.25) is 0 Å². The third-order valence-electron chi connectivity index (χ3n) is 1.99. The molecule has 1 atom stereocenters. The van der Waals surface area contributed by atoms with Gasteiger partial charge in [-0.1, -0.05) is 0 Å². The van der Waals surface area contributed by atoms with E-state index >= 15 is 0 Å². The molecule has 2 rings (SSSR count). The Morgan fingerprint density at radius 2 is 2.19 bits per heavy atom. The highest BCUT2D eigenvalue weighted by Gasteiger charge is 2.07. The fourth-order valence-corrected chi connectivity index (χ4v) is 1.51. The topological polar surface area (TPSA) is 69.6 Å². The Kier molecular flexibility index (Phi) is 3.16. The van der Waals surface area contributed by atoms with Crippen LogP contribution in [0.3, 0.4) is 0 Å². The molecule has 0 aromatic carbocycles. The smallest absolute Gasteiger partial charge is 0.171 e. The first kappa shape index (κ1) is 11.0. The van der Waals surface area contributed by atoms with Gasteiger partial charge < -0.3 is 5.73 Å².